The number of anilines is 1. The van der Waals surface area contributed by atoms with Crippen molar-refractivity contribution in [2.45, 2.75) is 25.3 Å². The summed E-state index contributed by atoms with van der Waals surface area (Å²) in [7, 11) is 0. The highest BCUT2D eigenvalue weighted by Crippen LogP contribution is 2.19. The Bertz CT molecular complexity index is 608. The number of hydrogen-bond acceptors (Lipinski definition) is 5. The monoisotopic (exact) mass is 280 g/mol. The number of hydrogen-bond donors (Lipinski definition) is 3. The van der Waals surface area contributed by atoms with Crippen molar-refractivity contribution in [1.82, 2.24) is 25.3 Å². The van der Waals surface area contributed by atoms with E-state index in [1.54, 1.807) is 0 Å². The average Bonchev–Trinajstić information content (AvgIpc) is 3.04. The number of nitrogens with zero attached hydrogens (tertiary/aromatic N) is 3. The summed E-state index contributed by atoms with van der Waals surface area (Å²) < 4.78 is 0. The lowest BCUT2D eigenvalue weighted by atomic mass is 10.3. The van der Waals surface area contributed by atoms with Gasteiger partial charge in [-0.25, -0.2) is 4.98 Å². The van der Waals surface area contributed by atoms with Crippen LogP contribution in [0.3, 0.4) is 0 Å². The van der Waals surface area contributed by atoms with Crippen molar-refractivity contribution in [1.29, 1.82) is 0 Å². The van der Waals surface area contributed by atoms with Gasteiger partial charge in [0.2, 0.25) is 11.2 Å². The predicted octanol–water partition coefficient (Wildman–Crippen LogP) is 1.09. The first kappa shape index (κ1) is 12.2. The van der Waals surface area contributed by atoms with Crippen molar-refractivity contribution in [3.8, 4) is 0 Å². The molecule has 0 aromatic carbocycles. The molecule has 0 bridgehead atoms. The van der Waals surface area contributed by atoms with Crippen molar-refractivity contribution in [2.24, 2.45) is 0 Å². The minimum atomic E-state index is 0.0519. The van der Waals surface area contributed by atoms with Gasteiger partial charge in [0.15, 0.2) is 11.5 Å². The van der Waals surface area contributed by atoms with Gasteiger partial charge in [-0.05, 0) is 24.4 Å². The van der Waals surface area contributed by atoms with Gasteiger partial charge in [0.1, 0.15) is 5.52 Å². The lowest BCUT2D eigenvalue weighted by Gasteiger charge is -2.06. The molecule has 100 valence electrons. The summed E-state index contributed by atoms with van der Waals surface area (Å²) in [6, 6.07) is 0.389. The Morgan fingerprint density at radius 1 is 1.47 bits per heavy atom. The van der Waals surface area contributed by atoms with Crippen molar-refractivity contribution in [3.63, 3.8) is 0 Å². The Morgan fingerprint density at radius 2 is 2.32 bits per heavy atom. The first-order valence-electron chi connectivity index (χ1n) is 6.12. The largest absolute Gasteiger partial charge is 0.368 e. The van der Waals surface area contributed by atoms with Crippen LogP contribution in [-0.4, -0.2) is 38.4 Å². The maximum absolute atomic E-state index is 11.5. The Labute approximate surface area is 114 Å². The molecule has 8 heteroatoms. The highest BCUT2D eigenvalue weighted by molar-refractivity contribution is 6.28. The summed E-state index contributed by atoms with van der Waals surface area (Å²) in [6.45, 7) is 0.486. The van der Waals surface area contributed by atoms with Crippen LogP contribution in [0.25, 0.3) is 11.2 Å². The van der Waals surface area contributed by atoms with Crippen LogP contribution in [0.5, 0.6) is 0 Å². The lowest BCUT2D eigenvalue weighted by Crippen LogP contribution is -2.27. The van der Waals surface area contributed by atoms with Gasteiger partial charge in [-0.15, -0.1) is 0 Å². The number of imidazole rings is 1. The van der Waals surface area contributed by atoms with E-state index in [2.05, 4.69) is 30.6 Å². The predicted molar refractivity (Wildman–Crippen MR) is 71.0 cm³/mol. The fraction of sp³-hybridized carbons (Fsp3) is 0.455. The number of halogens is 1. The van der Waals surface area contributed by atoms with Crippen LogP contribution in [0.1, 0.15) is 19.3 Å². The first-order chi connectivity index (χ1) is 9.22. The molecule has 1 fully saturated rings. The second-order valence-electron chi connectivity index (χ2n) is 4.46. The maximum Gasteiger partial charge on any atom is 0.226 e. The normalized spacial score (nSPS) is 14.6. The first-order valence-corrected chi connectivity index (χ1v) is 6.50. The average molecular weight is 281 g/mol. The number of amides is 1. The van der Waals surface area contributed by atoms with Crippen LogP contribution in [0.15, 0.2) is 6.33 Å². The minimum absolute atomic E-state index is 0.0519. The fourth-order valence-corrected chi connectivity index (χ4v) is 1.92. The Kier molecular flexibility index (Phi) is 3.20. The Morgan fingerprint density at radius 3 is 3.11 bits per heavy atom. The zero-order valence-corrected chi connectivity index (χ0v) is 10.9. The maximum atomic E-state index is 11.5. The van der Waals surface area contributed by atoms with Gasteiger partial charge in [0.25, 0.3) is 0 Å². The van der Waals surface area contributed by atoms with Crippen molar-refractivity contribution >= 4 is 34.5 Å². The van der Waals surface area contributed by atoms with Gasteiger partial charge in [-0.1, -0.05) is 0 Å². The van der Waals surface area contributed by atoms with Crippen LogP contribution in [0.2, 0.25) is 5.28 Å². The van der Waals surface area contributed by atoms with E-state index in [4.69, 9.17) is 11.6 Å². The number of rotatable bonds is 5. The van der Waals surface area contributed by atoms with Gasteiger partial charge in [-0.3, -0.25) is 4.79 Å². The molecular formula is C11H13ClN6O. The molecule has 2 aromatic rings. The van der Waals surface area contributed by atoms with Crippen LogP contribution in [0, 0.1) is 0 Å². The van der Waals surface area contributed by atoms with Gasteiger partial charge in [0.05, 0.1) is 6.33 Å². The molecule has 2 aromatic heterocycles. The number of fused-ring (bicyclic) bond motifs is 1. The molecule has 0 spiro atoms. The Balaban J connectivity index is 1.61. The summed E-state index contributed by atoms with van der Waals surface area (Å²) >= 11 is 5.80. The number of carbonyl (C=O) groups is 1. The van der Waals surface area contributed by atoms with E-state index in [1.807, 2.05) is 0 Å². The summed E-state index contributed by atoms with van der Waals surface area (Å²) in [5, 5.41) is 6.13. The number of nitrogens with one attached hydrogen (secondary N) is 3. The van der Waals surface area contributed by atoms with Crippen molar-refractivity contribution in [3.05, 3.63) is 11.6 Å². The van der Waals surface area contributed by atoms with Crippen LogP contribution >= 0.6 is 11.6 Å². The van der Waals surface area contributed by atoms with Gasteiger partial charge in [0, 0.05) is 19.0 Å². The zero-order chi connectivity index (χ0) is 13.2. The van der Waals surface area contributed by atoms with Crippen molar-refractivity contribution in [2.75, 3.05) is 11.9 Å². The molecule has 1 amide bonds. The topological polar surface area (TPSA) is 95.6 Å². The van der Waals surface area contributed by atoms with Crippen molar-refractivity contribution < 1.29 is 4.79 Å². The summed E-state index contributed by atoms with van der Waals surface area (Å²) in [4.78, 5) is 26.6. The molecule has 19 heavy (non-hydrogen) atoms. The molecular weight excluding hydrogens is 268 g/mol. The van der Waals surface area contributed by atoms with Gasteiger partial charge < -0.3 is 15.6 Å². The third-order valence-corrected chi connectivity index (χ3v) is 3.01. The van der Waals surface area contributed by atoms with E-state index in [0.717, 1.165) is 12.8 Å². The molecule has 2 heterocycles. The smallest absolute Gasteiger partial charge is 0.226 e. The molecule has 1 aliphatic rings. The van der Waals surface area contributed by atoms with E-state index in [9.17, 15) is 4.79 Å². The second-order valence-corrected chi connectivity index (χ2v) is 4.80. The molecule has 0 aliphatic heterocycles. The number of aromatic amines is 1. The quantitative estimate of drug-likeness (QED) is 0.713. The minimum Gasteiger partial charge on any atom is -0.368 e. The number of aromatic nitrogens is 4. The van der Waals surface area contributed by atoms with Crippen LogP contribution < -0.4 is 10.6 Å². The Hall–Kier alpha value is -1.89. The molecule has 0 saturated heterocycles. The van der Waals surface area contributed by atoms with Crippen LogP contribution in [-0.2, 0) is 4.79 Å². The van der Waals surface area contributed by atoms with Gasteiger partial charge in [-0.2, -0.15) is 9.97 Å². The standard InChI is InChI=1S/C11H13ClN6O/c12-11-17-9(8-10(18-11)15-5-14-8)13-4-3-7(19)16-6-1-2-6/h5-6H,1-4H2,(H,16,19)(H2,13,14,15,17,18). The lowest BCUT2D eigenvalue weighted by molar-refractivity contribution is -0.120. The van der Waals surface area contributed by atoms with E-state index < -0.39 is 0 Å². The molecule has 0 unspecified atom stereocenters. The highest BCUT2D eigenvalue weighted by Gasteiger charge is 2.22. The van der Waals surface area contributed by atoms with Gasteiger partial charge >= 0.3 is 0 Å². The molecule has 1 aliphatic carbocycles. The summed E-state index contributed by atoms with van der Waals surface area (Å²) in [5.74, 6) is 0.614. The SMILES string of the molecule is O=C(CCNc1nc(Cl)nc2nc[nH]c12)NC1CC1. The molecule has 7 nitrogen and oxygen atoms in total. The second kappa shape index (κ2) is 5.00. The number of carbonyl (C=O) groups excluding carboxylic acids is 1. The van der Waals surface area contributed by atoms with E-state index in [1.165, 1.54) is 6.33 Å². The third kappa shape index (κ3) is 2.93. The van der Waals surface area contributed by atoms with E-state index >= 15 is 0 Å². The van der Waals surface area contributed by atoms with E-state index in [0.29, 0.717) is 36.0 Å². The molecule has 1 saturated carbocycles. The molecule has 0 atom stereocenters. The molecule has 0 radical (unpaired) electrons. The third-order valence-electron chi connectivity index (χ3n) is 2.85. The van der Waals surface area contributed by atoms with Crippen LogP contribution in [0.4, 0.5) is 5.82 Å². The highest BCUT2D eigenvalue weighted by atomic mass is 35.5. The fourth-order valence-electron chi connectivity index (χ4n) is 1.76. The van der Waals surface area contributed by atoms with E-state index in [-0.39, 0.29) is 11.2 Å². The summed E-state index contributed by atoms with van der Waals surface area (Å²) in [6.07, 6.45) is 4.11. The number of H-pyrrole nitrogens is 1. The summed E-state index contributed by atoms with van der Waals surface area (Å²) in [5.41, 5.74) is 1.19. The zero-order valence-electron chi connectivity index (χ0n) is 10.1. The molecule has 3 rings (SSSR count). The molecule has 3 N–H and O–H groups in total.